The van der Waals surface area contributed by atoms with Crippen molar-refractivity contribution in [1.29, 1.82) is 0 Å². The van der Waals surface area contributed by atoms with Gasteiger partial charge in [-0.3, -0.25) is 14.4 Å². The summed E-state index contributed by atoms with van der Waals surface area (Å²) in [6.45, 7) is 10.7. The van der Waals surface area contributed by atoms with Crippen LogP contribution in [0.15, 0.2) is 79.9 Å². The zero-order valence-corrected chi connectivity index (χ0v) is 28.9. The number of hydrogen-bond acceptors (Lipinski definition) is 7. The van der Waals surface area contributed by atoms with Gasteiger partial charge in [0.05, 0.1) is 34.7 Å². The minimum atomic E-state index is -0.914. The SMILES string of the molecule is C=CCN(Cn1nnc2ccccc21)C(=O)C1N([C@@H](CO)Cc2ccccc2)C(=O)[C@@H]2[C@H](C(=O)N(CC=C)CCC)[C@H]3SC12CC3Br. The molecule has 3 unspecified atom stereocenters. The van der Waals surface area contributed by atoms with E-state index in [0.717, 1.165) is 17.5 Å². The van der Waals surface area contributed by atoms with Gasteiger partial charge >= 0.3 is 0 Å². The number of nitrogens with zero attached hydrogens (tertiary/aromatic N) is 6. The monoisotopic (exact) mass is 720 g/mol. The molecule has 3 amide bonds. The van der Waals surface area contributed by atoms with Crippen LogP contribution in [0.5, 0.6) is 0 Å². The largest absolute Gasteiger partial charge is 0.394 e. The van der Waals surface area contributed by atoms with Crippen LogP contribution >= 0.6 is 27.7 Å². The summed E-state index contributed by atoms with van der Waals surface area (Å²) in [7, 11) is 0. The number of likely N-dealkylation sites (tertiary alicyclic amines) is 1. The Balaban J connectivity index is 1.43. The maximum atomic E-state index is 15.1. The molecular formula is C35H41BrN6O4S. The Morgan fingerprint density at radius 2 is 1.81 bits per heavy atom. The molecule has 1 N–H and O–H groups in total. The maximum absolute atomic E-state index is 15.1. The number of benzene rings is 2. The van der Waals surface area contributed by atoms with Gasteiger partial charge in [-0.05, 0) is 37.0 Å². The average Bonchev–Trinajstić information content (AvgIpc) is 3.80. The third-order valence-electron chi connectivity index (χ3n) is 9.71. The lowest BCUT2D eigenvalue weighted by atomic mass is 9.70. The molecule has 3 aromatic rings. The third kappa shape index (κ3) is 5.82. The van der Waals surface area contributed by atoms with Gasteiger partial charge in [-0.2, -0.15) is 0 Å². The van der Waals surface area contributed by atoms with Crippen LogP contribution in [0.25, 0.3) is 11.0 Å². The van der Waals surface area contributed by atoms with Crippen LogP contribution in [0.4, 0.5) is 0 Å². The minimum Gasteiger partial charge on any atom is -0.394 e. The number of carbonyl (C=O) groups excluding carboxylic acids is 3. The fourth-order valence-electron chi connectivity index (χ4n) is 7.82. The van der Waals surface area contributed by atoms with E-state index in [9.17, 15) is 14.7 Å². The summed E-state index contributed by atoms with van der Waals surface area (Å²) in [5.74, 6) is -1.90. The van der Waals surface area contributed by atoms with E-state index in [2.05, 4.69) is 39.4 Å². The molecule has 2 aromatic carbocycles. The summed E-state index contributed by atoms with van der Waals surface area (Å²) in [6, 6.07) is 15.6. The second kappa shape index (κ2) is 13.9. The van der Waals surface area contributed by atoms with Crippen molar-refractivity contribution < 1.29 is 19.5 Å². The molecular weight excluding hydrogens is 680 g/mol. The lowest BCUT2D eigenvalue weighted by Crippen LogP contribution is -2.58. The number of fused-ring (bicyclic) bond motifs is 2. The third-order valence-corrected chi connectivity index (χ3v) is 12.9. The average molecular weight is 722 g/mol. The lowest BCUT2D eigenvalue weighted by molar-refractivity contribution is -0.147. The number of hydrogen-bond donors (Lipinski definition) is 1. The van der Waals surface area contributed by atoms with Crippen LogP contribution < -0.4 is 0 Å². The van der Waals surface area contributed by atoms with E-state index in [-0.39, 0.29) is 47.6 Å². The smallest absolute Gasteiger partial charge is 0.248 e. The van der Waals surface area contributed by atoms with Crippen LogP contribution in [0.2, 0.25) is 0 Å². The van der Waals surface area contributed by atoms with Crippen molar-refractivity contribution in [3.8, 4) is 0 Å². The molecule has 3 aliphatic rings. The molecule has 47 heavy (non-hydrogen) atoms. The molecule has 12 heteroatoms. The molecule has 3 fully saturated rings. The molecule has 0 saturated carbocycles. The van der Waals surface area contributed by atoms with E-state index >= 15 is 4.79 Å². The Morgan fingerprint density at radius 3 is 2.51 bits per heavy atom. The van der Waals surface area contributed by atoms with Crippen molar-refractivity contribution in [1.82, 2.24) is 29.7 Å². The second-order valence-electron chi connectivity index (χ2n) is 12.6. The number of rotatable bonds is 14. The zero-order valence-electron chi connectivity index (χ0n) is 26.5. The summed E-state index contributed by atoms with van der Waals surface area (Å²) in [5.41, 5.74) is 2.44. The molecule has 1 aromatic heterocycles. The van der Waals surface area contributed by atoms with Crippen LogP contribution in [0, 0.1) is 11.8 Å². The summed E-state index contributed by atoms with van der Waals surface area (Å²) < 4.78 is 0.810. The molecule has 2 bridgehead atoms. The highest BCUT2D eigenvalue weighted by molar-refractivity contribution is 9.09. The Kier molecular flexibility index (Phi) is 9.91. The second-order valence-corrected chi connectivity index (χ2v) is 15.3. The first-order valence-corrected chi connectivity index (χ1v) is 18.0. The summed E-state index contributed by atoms with van der Waals surface area (Å²) in [6.07, 6.45) is 5.07. The van der Waals surface area contributed by atoms with E-state index in [0.29, 0.717) is 31.4 Å². The maximum Gasteiger partial charge on any atom is 0.248 e. The number of amides is 3. The highest BCUT2D eigenvalue weighted by Gasteiger charge is 2.76. The summed E-state index contributed by atoms with van der Waals surface area (Å²) in [4.78, 5) is 49.3. The Morgan fingerprint density at radius 1 is 1.11 bits per heavy atom. The molecule has 3 saturated heterocycles. The van der Waals surface area contributed by atoms with Crippen molar-refractivity contribution in [2.45, 2.75) is 59.8 Å². The molecule has 1 spiro atoms. The molecule has 248 valence electrons. The van der Waals surface area contributed by atoms with Gasteiger partial charge in [0.25, 0.3) is 0 Å². The topological polar surface area (TPSA) is 112 Å². The van der Waals surface area contributed by atoms with E-state index in [1.165, 1.54) is 0 Å². The molecule has 6 rings (SSSR count). The number of para-hydroxylation sites is 1. The number of aliphatic hydroxyl groups is 1. The predicted molar refractivity (Wildman–Crippen MR) is 187 cm³/mol. The first-order chi connectivity index (χ1) is 22.8. The number of aromatic nitrogens is 3. The molecule has 10 nitrogen and oxygen atoms in total. The molecule has 7 atom stereocenters. The summed E-state index contributed by atoms with van der Waals surface area (Å²) >= 11 is 5.48. The number of alkyl halides is 1. The first-order valence-electron chi connectivity index (χ1n) is 16.2. The van der Waals surface area contributed by atoms with Gasteiger partial charge in [-0.15, -0.1) is 30.0 Å². The van der Waals surface area contributed by atoms with E-state index in [4.69, 9.17) is 0 Å². The zero-order chi connectivity index (χ0) is 33.3. The van der Waals surface area contributed by atoms with E-state index in [1.807, 2.05) is 61.5 Å². The van der Waals surface area contributed by atoms with Gasteiger partial charge < -0.3 is 19.8 Å². The highest BCUT2D eigenvalue weighted by Crippen LogP contribution is 2.68. The Bertz CT molecular complexity index is 1650. The normalized spacial score (nSPS) is 26.7. The van der Waals surface area contributed by atoms with Crippen molar-refractivity contribution >= 4 is 56.4 Å². The summed E-state index contributed by atoms with van der Waals surface area (Å²) in [5, 5.41) is 19.3. The van der Waals surface area contributed by atoms with Crippen LogP contribution in [0.1, 0.15) is 25.3 Å². The van der Waals surface area contributed by atoms with Crippen molar-refractivity contribution in [2.24, 2.45) is 11.8 Å². The molecule has 4 heterocycles. The lowest BCUT2D eigenvalue weighted by Gasteiger charge is -2.40. The fourth-order valence-corrected chi connectivity index (χ4v) is 11.4. The van der Waals surface area contributed by atoms with Gasteiger partial charge in [0.2, 0.25) is 17.7 Å². The van der Waals surface area contributed by atoms with Gasteiger partial charge in [-0.1, -0.05) is 82.7 Å². The van der Waals surface area contributed by atoms with Crippen molar-refractivity contribution in [3.05, 3.63) is 85.5 Å². The van der Waals surface area contributed by atoms with E-state index in [1.54, 1.807) is 43.3 Å². The van der Waals surface area contributed by atoms with Crippen LogP contribution in [0.3, 0.4) is 0 Å². The van der Waals surface area contributed by atoms with Gasteiger partial charge in [0.15, 0.2) is 0 Å². The standard InChI is InChI=1S/C35H41BrN6O4S/c1-4-16-39(17-5-2)32(44)28-29-33(45)42(24(21-43)19-23-12-8-7-9-13-23)31(35(29)20-25(36)30(28)47-35)34(46)40(18-6-3)22-41-27-15-11-10-14-26(27)37-38-41/h4,6-15,24-25,28-31,43H,1,3,5,16-22H2,2H3/t24-,25?,28+,29+,30+,31?,35?/m1/s1. The van der Waals surface area contributed by atoms with Crippen LogP contribution in [-0.2, 0) is 27.5 Å². The van der Waals surface area contributed by atoms with Gasteiger partial charge in [0.1, 0.15) is 18.2 Å². The fraction of sp³-hybridized carbons (Fsp3) is 0.457. The minimum absolute atomic E-state index is 0.0678. The number of halogens is 1. The van der Waals surface area contributed by atoms with Crippen LogP contribution in [-0.4, -0.2) is 106 Å². The number of aliphatic hydroxyl groups excluding tert-OH is 1. The first kappa shape index (κ1) is 33.4. The molecule has 0 aliphatic carbocycles. The quantitative estimate of drug-likeness (QED) is 0.199. The molecule has 0 radical (unpaired) electrons. The Hall–Kier alpha value is -3.48. The van der Waals surface area contributed by atoms with E-state index < -0.39 is 28.7 Å². The number of carbonyl (C=O) groups is 3. The van der Waals surface area contributed by atoms with Gasteiger partial charge in [-0.25, -0.2) is 4.68 Å². The Labute approximate surface area is 288 Å². The highest BCUT2D eigenvalue weighted by atomic mass is 79.9. The molecule has 3 aliphatic heterocycles. The van der Waals surface area contributed by atoms with Gasteiger partial charge in [0, 0.05) is 29.7 Å². The van der Waals surface area contributed by atoms with Crippen molar-refractivity contribution in [2.75, 3.05) is 26.2 Å². The number of thioether (sulfide) groups is 1. The van der Waals surface area contributed by atoms with Crippen molar-refractivity contribution in [3.63, 3.8) is 0 Å². The predicted octanol–water partition coefficient (Wildman–Crippen LogP) is 3.90.